The molecule has 0 radical (unpaired) electrons. The largest absolute Gasteiger partial charge is 0.383 e. The molecule has 2 aliphatic heterocycles. The molecular formula is C15H24N4O. The van der Waals surface area contributed by atoms with Crippen molar-refractivity contribution in [3.63, 3.8) is 0 Å². The molecular weight excluding hydrogens is 252 g/mol. The summed E-state index contributed by atoms with van der Waals surface area (Å²) in [5, 5.41) is 0. The average Bonchev–Trinajstić information content (AvgIpc) is 2.51. The number of nitrogen functional groups attached to an aromatic ring is 1. The van der Waals surface area contributed by atoms with Gasteiger partial charge in [-0.2, -0.15) is 0 Å². The fourth-order valence-electron chi connectivity index (χ4n) is 3.16. The second-order valence-corrected chi connectivity index (χ2v) is 5.70. The minimum absolute atomic E-state index is 0.666. The van der Waals surface area contributed by atoms with E-state index in [1.54, 1.807) is 6.20 Å². The highest BCUT2D eigenvalue weighted by Crippen LogP contribution is 2.18. The number of anilines is 1. The Kier molecular flexibility index (Phi) is 4.50. The summed E-state index contributed by atoms with van der Waals surface area (Å²) < 4.78 is 5.45. The lowest BCUT2D eigenvalue weighted by Crippen LogP contribution is -2.51. The molecule has 2 aliphatic rings. The molecule has 2 N–H and O–H groups in total. The monoisotopic (exact) mass is 276 g/mol. The van der Waals surface area contributed by atoms with Crippen LogP contribution in [0.3, 0.4) is 0 Å². The van der Waals surface area contributed by atoms with Crippen LogP contribution in [0, 0.1) is 0 Å². The van der Waals surface area contributed by atoms with Crippen LogP contribution in [-0.2, 0) is 11.3 Å². The Balaban J connectivity index is 1.50. The summed E-state index contributed by atoms with van der Waals surface area (Å²) in [7, 11) is 0. The second kappa shape index (κ2) is 6.52. The fourth-order valence-corrected chi connectivity index (χ4v) is 3.16. The van der Waals surface area contributed by atoms with Crippen LogP contribution in [0.4, 0.5) is 5.82 Å². The third-order valence-electron chi connectivity index (χ3n) is 4.43. The zero-order valence-electron chi connectivity index (χ0n) is 12.0. The summed E-state index contributed by atoms with van der Waals surface area (Å²) >= 11 is 0. The van der Waals surface area contributed by atoms with Crippen LogP contribution in [0.2, 0.25) is 0 Å². The van der Waals surface area contributed by atoms with E-state index in [4.69, 9.17) is 10.5 Å². The van der Waals surface area contributed by atoms with Crippen LogP contribution in [-0.4, -0.2) is 60.2 Å². The van der Waals surface area contributed by atoms with Crippen molar-refractivity contribution in [3.8, 4) is 0 Å². The second-order valence-electron chi connectivity index (χ2n) is 5.70. The van der Waals surface area contributed by atoms with Crippen LogP contribution in [0.1, 0.15) is 18.4 Å². The van der Waals surface area contributed by atoms with E-state index in [0.29, 0.717) is 5.82 Å². The van der Waals surface area contributed by atoms with Gasteiger partial charge in [0.15, 0.2) is 0 Å². The highest BCUT2D eigenvalue weighted by molar-refractivity contribution is 5.38. The first-order valence-electron chi connectivity index (χ1n) is 7.56. The first-order valence-corrected chi connectivity index (χ1v) is 7.56. The van der Waals surface area contributed by atoms with E-state index in [-0.39, 0.29) is 0 Å². The Morgan fingerprint density at radius 2 is 1.95 bits per heavy atom. The Hall–Kier alpha value is -1.17. The van der Waals surface area contributed by atoms with E-state index in [2.05, 4.69) is 20.9 Å². The molecule has 0 bridgehead atoms. The van der Waals surface area contributed by atoms with Crippen LogP contribution >= 0.6 is 0 Å². The molecule has 5 nitrogen and oxygen atoms in total. The number of pyridine rings is 1. The molecule has 0 amide bonds. The molecule has 20 heavy (non-hydrogen) atoms. The number of piperazine rings is 1. The van der Waals surface area contributed by atoms with Gasteiger partial charge in [-0.1, -0.05) is 6.07 Å². The molecule has 1 aromatic rings. The molecule has 0 saturated carbocycles. The Morgan fingerprint density at radius 3 is 2.65 bits per heavy atom. The third-order valence-corrected chi connectivity index (χ3v) is 4.43. The van der Waals surface area contributed by atoms with Gasteiger partial charge >= 0.3 is 0 Å². The third kappa shape index (κ3) is 3.29. The van der Waals surface area contributed by atoms with E-state index in [1.165, 1.54) is 12.8 Å². The van der Waals surface area contributed by atoms with Gasteiger partial charge in [-0.15, -0.1) is 0 Å². The van der Waals surface area contributed by atoms with Crippen LogP contribution in [0.15, 0.2) is 18.3 Å². The molecule has 110 valence electrons. The zero-order valence-corrected chi connectivity index (χ0v) is 12.0. The number of hydrogen-bond acceptors (Lipinski definition) is 5. The van der Waals surface area contributed by atoms with Gasteiger partial charge in [-0.25, -0.2) is 4.98 Å². The molecule has 3 heterocycles. The van der Waals surface area contributed by atoms with Gasteiger partial charge in [-0.05, 0) is 18.9 Å². The quantitative estimate of drug-likeness (QED) is 0.891. The molecule has 0 unspecified atom stereocenters. The van der Waals surface area contributed by atoms with Gasteiger partial charge in [0.1, 0.15) is 5.82 Å². The molecule has 0 aliphatic carbocycles. The van der Waals surface area contributed by atoms with Crippen molar-refractivity contribution in [2.45, 2.75) is 25.4 Å². The van der Waals surface area contributed by atoms with Gasteiger partial charge in [-0.3, -0.25) is 9.80 Å². The van der Waals surface area contributed by atoms with Crippen molar-refractivity contribution >= 4 is 5.82 Å². The first kappa shape index (κ1) is 13.8. The van der Waals surface area contributed by atoms with Gasteiger partial charge < -0.3 is 10.5 Å². The lowest BCUT2D eigenvalue weighted by Gasteiger charge is -2.40. The smallest absolute Gasteiger partial charge is 0.127 e. The summed E-state index contributed by atoms with van der Waals surface area (Å²) in [4.78, 5) is 9.27. The molecule has 2 fully saturated rings. The first-order chi connectivity index (χ1) is 9.83. The lowest BCUT2D eigenvalue weighted by molar-refractivity contribution is 0.0126. The van der Waals surface area contributed by atoms with Crippen molar-refractivity contribution in [2.24, 2.45) is 0 Å². The number of aromatic nitrogens is 1. The van der Waals surface area contributed by atoms with Crippen molar-refractivity contribution in [1.29, 1.82) is 0 Å². The minimum Gasteiger partial charge on any atom is -0.383 e. The van der Waals surface area contributed by atoms with E-state index < -0.39 is 0 Å². The summed E-state index contributed by atoms with van der Waals surface area (Å²) in [6.07, 6.45) is 4.13. The SMILES string of the molecule is Nc1ncccc1CN1CCN(C2CCOCC2)CC1. The summed E-state index contributed by atoms with van der Waals surface area (Å²) in [6.45, 7) is 7.32. The molecule has 0 aromatic carbocycles. The van der Waals surface area contributed by atoms with Crippen molar-refractivity contribution < 1.29 is 4.74 Å². The standard InChI is InChI=1S/C15H24N4O/c16-15-13(2-1-5-17-15)12-18-6-8-19(9-7-18)14-3-10-20-11-4-14/h1-2,5,14H,3-4,6-12H2,(H2,16,17). The van der Waals surface area contributed by atoms with Crippen LogP contribution in [0.5, 0.6) is 0 Å². The molecule has 1 aromatic heterocycles. The molecule has 5 heteroatoms. The maximum absolute atomic E-state index is 5.92. The van der Waals surface area contributed by atoms with Gasteiger partial charge in [0.2, 0.25) is 0 Å². The number of nitrogens with zero attached hydrogens (tertiary/aromatic N) is 3. The van der Waals surface area contributed by atoms with Crippen LogP contribution in [0.25, 0.3) is 0 Å². The maximum atomic E-state index is 5.92. The number of rotatable bonds is 3. The van der Waals surface area contributed by atoms with E-state index in [0.717, 1.165) is 57.5 Å². The Morgan fingerprint density at radius 1 is 1.20 bits per heavy atom. The van der Waals surface area contributed by atoms with Crippen LogP contribution < -0.4 is 5.73 Å². The summed E-state index contributed by atoms with van der Waals surface area (Å²) in [5.74, 6) is 0.666. The number of ether oxygens (including phenoxy) is 1. The lowest BCUT2D eigenvalue weighted by atomic mass is 10.1. The van der Waals surface area contributed by atoms with Crippen molar-refractivity contribution in [1.82, 2.24) is 14.8 Å². The number of nitrogens with two attached hydrogens (primary N) is 1. The molecule has 0 atom stereocenters. The molecule has 3 rings (SSSR count). The Bertz CT molecular complexity index is 426. The highest BCUT2D eigenvalue weighted by atomic mass is 16.5. The highest BCUT2D eigenvalue weighted by Gasteiger charge is 2.25. The van der Waals surface area contributed by atoms with Gasteiger partial charge in [0.05, 0.1) is 0 Å². The normalized spacial score (nSPS) is 23.0. The van der Waals surface area contributed by atoms with E-state index in [9.17, 15) is 0 Å². The van der Waals surface area contributed by atoms with E-state index in [1.807, 2.05) is 6.07 Å². The fraction of sp³-hybridized carbons (Fsp3) is 0.667. The van der Waals surface area contributed by atoms with Crippen molar-refractivity contribution in [3.05, 3.63) is 23.9 Å². The van der Waals surface area contributed by atoms with E-state index >= 15 is 0 Å². The molecule has 0 spiro atoms. The Labute approximate surface area is 120 Å². The molecule has 2 saturated heterocycles. The minimum atomic E-state index is 0.666. The van der Waals surface area contributed by atoms with Gasteiger partial charge in [0, 0.05) is 63.7 Å². The summed E-state index contributed by atoms with van der Waals surface area (Å²) in [5.41, 5.74) is 7.07. The number of hydrogen-bond donors (Lipinski definition) is 1. The van der Waals surface area contributed by atoms with Gasteiger partial charge in [0.25, 0.3) is 0 Å². The predicted octanol–water partition coefficient (Wildman–Crippen LogP) is 0.960. The maximum Gasteiger partial charge on any atom is 0.127 e. The predicted molar refractivity (Wildman–Crippen MR) is 79.3 cm³/mol. The average molecular weight is 276 g/mol. The topological polar surface area (TPSA) is 54.6 Å². The zero-order chi connectivity index (χ0) is 13.8. The van der Waals surface area contributed by atoms with Crippen molar-refractivity contribution in [2.75, 3.05) is 45.1 Å². The summed E-state index contributed by atoms with van der Waals surface area (Å²) in [6, 6.07) is 4.77.